The molecule has 0 amide bonds. The molecule has 5 heteroatoms. The summed E-state index contributed by atoms with van der Waals surface area (Å²) in [6, 6.07) is 7.79. The van der Waals surface area contributed by atoms with Gasteiger partial charge >= 0.3 is 0 Å². The van der Waals surface area contributed by atoms with Crippen molar-refractivity contribution in [1.82, 2.24) is 10.3 Å². The predicted octanol–water partition coefficient (Wildman–Crippen LogP) is 4.47. The van der Waals surface area contributed by atoms with E-state index < -0.39 is 0 Å². The van der Waals surface area contributed by atoms with Crippen molar-refractivity contribution in [2.45, 2.75) is 26.7 Å². The summed E-state index contributed by atoms with van der Waals surface area (Å²) in [5, 5.41) is 4.69. The number of aromatic amines is 1. The molecule has 5 nitrogen and oxygen atoms in total. The third-order valence-electron chi connectivity index (χ3n) is 5.11. The lowest BCUT2D eigenvalue weighted by atomic mass is 10.0. The molecule has 0 bridgehead atoms. The summed E-state index contributed by atoms with van der Waals surface area (Å²) in [4.78, 5) is 15.8. The van der Waals surface area contributed by atoms with E-state index in [0.717, 1.165) is 47.3 Å². The van der Waals surface area contributed by atoms with Crippen molar-refractivity contribution >= 4 is 10.8 Å². The van der Waals surface area contributed by atoms with E-state index in [9.17, 15) is 4.79 Å². The Hall–Kier alpha value is -3.21. The molecule has 0 aliphatic carbocycles. The van der Waals surface area contributed by atoms with Crippen LogP contribution >= 0.6 is 0 Å². The van der Waals surface area contributed by atoms with E-state index in [1.54, 1.807) is 13.4 Å². The van der Waals surface area contributed by atoms with Gasteiger partial charge in [0.15, 0.2) is 0 Å². The minimum atomic E-state index is -0.114. The summed E-state index contributed by atoms with van der Waals surface area (Å²) in [7, 11) is 1.65. The smallest absolute Gasteiger partial charge is 0.259 e. The molecule has 2 aromatic heterocycles. The van der Waals surface area contributed by atoms with Crippen molar-refractivity contribution in [1.29, 1.82) is 0 Å². The van der Waals surface area contributed by atoms with Gasteiger partial charge in [0.1, 0.15) is 11.5 Å². The summed E-state index contributed by atoms with van der Waals surface area (Å²) >= 11 is 0. The lowest BCUT2D eigenvalue weighted by Gasteiger charge is -2.13. The molecule has 2 N–H and O–H groups in total. The number of hydrogen-bond donors (Lipinski definition) is 2. The molecule has 0 atom stereocenters. The van der Waals surface area contributed by atoms with Crippen LogP contribution in [0.2, 0.25) is 0 Å². The number of rotatable bonds is 5. The Bertz CT molecular complexity index is 1150. The van der Waals surface area contributed by atoms with Crippen LogP contribution < -0.4 is 15.6 Å². The number of H-pyrrole nitrogens is 1. The maximum absolute atomic E-state index is 12.8. The SMILES string of the molecule is COc1ccc(-c2occ3cc(CCC4=CC(C)=CNC4)[nH]c(=O)c23)cc1C. The number of methoxy groups -OCH3 is 1. The first kappa shape index (κ1) is 18.2. The number of allylic oxidation sites excluding steroid dienone is 2. The van der Waals surface area contributed by atoms with Crippen LogP contribution in [0.3, 0.4) is 0 Å². The fraction of sp³-hybridized carbons (Fsp3) is 0.261. The van der Waals surface area contributed by atoms with Gasteiger partial charge in [-0.3, -0.25) is 4.79 Å². The number of ether oxygens (including phenoxy) is 1. The Morgan fingerprint density at radius 3 is 2.79 bits per heavy atom. The molecular weight excluding hydrogens is 352 g/mol. The van der Waals surface area contributed by atoms with E-state index in [1.807, 2.05) is 37.4 Å². The molecule has 4 rings (SSSR count). The third kappa shape index (κ3) is 3.48. The predicted molar refractivity (Wildman–Crippen MR) is 112 cm³/mol. The Kier molecular flexibility index (Phi) is 4.82. The molecule has 1 aromatic carbocycles. The molecule has 0 radical (unpaired) electrons. The lowest BCUT2D eigenvalue weighted by molar-refractivity contribution is 0.411. The van der Waals surface area contributed by atoms with Gasteiger partial charge < -0.3 is 19.5 Å². The molecule has 28 heavy (non-hydrogen) atoms. The van der Waals surface area contributed by atoms with Gasteiger partial charge in [0.2, 0.25) is 0 Å². The fourth-order valence-corrected chi connectivity index (χ4v) is 3.72. The van der Waals surface area contributed by atoms with Crippen LogP contribution in [-0.4, -0.2) is 18.6 Å². The van der Waals surface area contributed by atoms with Crippen molar-refractivity contribution < 1.29 is 9.15 Å². The topological polar surface area (TPSA) is 67.3 Å². The summed E-state index contributed by atoms with van der Waals surface area (Å²) in [6.45, 7) is 4.91. The van der Waals surface area contributed by atoms with Crippen molar-refractivity contribution in [2.24, 2.45) is 0 Å². The maximum Gasteiger partial charge on any atom is 0.259 e. The lowest BCUT2D eigenvalue weighted by Crippen LogP contribution is -2.15. The van der Waals surface area contributed by atoms with Crippen LogP contribution in [0.15, 0.2) is 63.2 Å². The highest BCUT2D eigenvalue weighted by molar-refractivity contribution is 5.93. The third-order valence-corrected chi connectivity index (χ3v) is 5.11. The van der Waals surface area contributed by atoms with Crippen LogP contribution in [0.4, 0.5) is 0 Å². The van der Waals surface area contributed by atoms with Gasteiger partial charge in [0.25, 0.3) is 5.56 Å². The van der Waals surface area contributed by atoms with Crippen molar-refractivity contribution in [2.75, 3.05) is 13.7 Å². The molecular formula is C23H24N2O3. The first-order valence-electron chi connectivity index (χ1n) is 9.43. The zero-order valence-corrected chi connectivity index (χ0v) is 16.4. The summed E-state index contributed by atoms with van der Waals surface area (Å²) in [5.74, 6) is 1.40. The van der Waals surface area contributed by atoms with Crippen LogP contribution in [-0.2, 0) is 6.42 Å². The first-order chi connectivity index (χ1) is 13.5. The van der Waals surface area contributed by atoms with E-state index >= 15 is 0 Å². The van der Waals surface area contributed by atoms with Gasteiger partial charge in [-0.1, -0.05) is 11.6 Å². The van der Waals surface area contributed by atoms with Crippen molar-refractivity contribution in [3.05, 3.63) is 75.6 Å². The molecule has 0 fully saturated rings. The molecule has 0 unspecified atom stereocenters. The van der Waals surface area contributed by atoms with Crippen LogP contribution in [0.1, 0.15) is 24.6 Å². The van der Waals surface area contributed by atoms with Gasteiger partial charge in [0, 0.05) is 23.2 Å². The maximum atomic E-state index is 12.8. The Balaban J connectivity index is 1.63. The summed E-state index contributed by atoms with van der Waals surface area (Å²) < 4.78 is 11.1. The second kappa shape index (κ2) is 7.43. The minimum absolute atomic E-state index is 0.114. The number of pyridine rings is 1. The minimum Gasteiger partial charge on any atom is -0.496 e. The van der Waals surface area contributed by atoms with Crippen LogP contribution in [0.5, 0.6) is 5.75 Å². The number of dihydropyridines is 1. The van der Waals surface area contributed by atoms with Gasteiger partial charge in [0.05, 0.1) is 18.8 Å². The zero-order valence-electron chi connectivity index (χ0n) is 16.4. The molecule has 3 heterocycles. The van der Waals surface area contributed by atoms with E-state index in [-0.39, 0.29) is 5.56 Å². The average Bonchev–Trinajstić information content (AvgIpc) is 3.11. The molecule has 144 valence electrons. The molecule has 1 aliphatic rings. The van der Waals surface area contributed by atoms with Gasteiger partial charge in [-0.05, 0) is 68.3 Å². The second-order valence-corrected chi connectivity index (χ2v) is 7.28. The number of aryl methyl sites for hydroxylation is 2. The first-order valence-corrected chi connectivity index (χ1v) is 9.43. The number of hydrogen-bond acceptors (Lipinski definition) is 4. The molecule has 1 aliphatic heterocycles. The van der Waals surface area contributed by atoms with Gasteiger partial charge in [-0.25, -0.2) is 0 Å². The highest BCUT2D eigenvalue weighted by atomic mass is 16.5. The fourth-order valence-electron chi connectivity index (χ4n) is 3.72. The molecule has 3 aromatic rings. The van der Waals surface area contributed by atoms with Crippen LogP contribution in [0, 0.1) is 6.92 Å². The van der Waals surface area contributed by atoms with Crippen LogP contribution in [0.25, 0.3) is 22.1 Å². The highest BCUT2D eigenvalue weighted by Crippen LogP contribution is 2.31. The number of aromatic nitrogens is 1. The Morgan fingerprint density at radius 1 is 1.18 bits per heavy atom. The highest BCUT2D eigenvalue weighted by Gasteiger charge is 2.15. The summed E-state index contributed by atoms with van der Waals surface area (Å²) in [5.41, 5.74) is 5.23. The zero-order chi connectivity index (χ0) is 19.7. The Morgan fingerprint density at radius 2 is 2.04 bits per heavy atom. The molecule has 0 saturated heterocycles. The van der Waals surface area contributed by atoms with E-state index in [2.05, 4.69) is 23.3 Å². The van der Waals surface area contributed by atoms with Crippen molar-refractivity contribution in [3.8, 4) is 17.1 Å². The summed E-state index contributed by atoms with van der Waals surface area (Å²) in [6.07, 6.45) is 7.58. The van der Waals surface area contributed by atoms with E-state index in [1.165, 1.54) is 11.1 Å². The number of fused-ring (bicyclic) bond motifs is 1. The Labute approximate surface area is 163 Å². The number of benzene rings is 1. The number of nitrogens with one attached hydrogen (secondary N) is 2. The largest absolute Gasteiger partial charge is 0.496 e. The normalized spacial score (nSPS) is 13.8. The van der Waals surface area contributed by atoms with Gasteiger partial charge in [-0.15, -0.1) is 0 Å². The quantitative estimate of drug-likeness (QED) is 0.689. The van der Waals surface area contributed by atoms with E-state index in [0.29, 0.717) is 11.1 Å². The number of furan rings is 1. The monoisotopic (exact) mass is 376 g/mol. The van der Waals surface area contributed by atoms with E-state index in [4.69, 9.17) is 9.15 Å². The van der Waals surface area contributed by atoms with Gasteiger partial charge in [-0.2, -0.15) is 0 Å². The molecule has 0 spiro atoms. The standard InChI is InChI=1S/C23H24N2O3/c1-14-8-16(12-24-11-14)4-6-19-10-18-13-28-22(21(18)23(26)25-19)17-5-7-20(27-3)15(2)9-17/h5,7-11,13,24H,4,6,12H2,1-3H3,(H,25,26). The second-order valence-electron chi connectivity index (χ2n) is 7.28. The van der Waals surface area contributed by atoms with Crippen molar-refractivity contribution in [3.63, 3.8) is 0 Å². The molecule has 0 saturated carbocycles. The average molecular weight is 376 g/mol.